The molecule has 1 aliphatic rings. The standard InChI is InChI=1S/C28H50O5SSi2/c1-20-19-23(34-33-30-22-17-15-14-16-18-22)26(29-9)25(32-36(12,13)28(6,7)8)21(2)24(20)31-35(10,11)27(3,4)5/h14-21,24-26H,1-13H3/t20-,21+,24+,25+,26+/m0/s1. The molecule has 1 aliphatic carbocycles. The van der Waals surface area contributed by atoms with Crippen molar-refractivity contribution >= 4 is 28.7 Å². The van der Waals surface area contributed by atoms with E-state index in [4.69, 9.17) is 22.8 Å². The van der Waals surface area contributed by atoms with Crippen LogP contribution in [-0.4, -0.2) is 42.1 Å². The molecule has 0 radical (unpaired) electrons. The lowest BCUT2D eigenvalue weighted by molar-refractivity contribution is -0.0787. The molecule has 0 heterocycles. The van der Waals surface area contributed by atoms with Crippen LogP contribution < -0.4 is 4.89 Å². The lowest BCUT2D eigenvalue weighted by atomic mass is 9.90. The minimum Gasteiger partial charge on any atom is -0.413 e. The quantitative estimate of drug-likeness (QED) is 0.132. The highest BCUT2D eigenvalue weighted by Crippen LogP contribution is 2.46. The summed E-state index contributed by atoms with van der Waals surface area (Å²) in [5.41, 5.74) is 0. The van der Waals surface area contributed by atoms with Crippen LogP contribution in [0.5, 0.6) is 5.75 Å². The first-order valence-electron chi connectivity index (χ1n) is 13.1. The van der Waals surface area contributed by atoms with Crippen LogP contribution in [0.2, 0.25) is 36.3 Å². The van der Waals surface area contributed by atoms with E-state index in [1.165, 1.54) is 12.0 Å². The van der Waals surface area contributed by atoms with Crippen LogP contribution in [0.4, 0.5) is 0 Å². The number of benzene rings is 1. The molecule has 0 N–H and O–H groups in total. The van der Waals surface area contributed by atoms with Crippen molar-refractivity contribution in [1.29, 1.82) is 0 Å². The first kappa shape index (κ1) is 31.6. The van der Waals surface area contributed by atoms with Crippen LogP contribution >= 0.6 is 12.0 Å². The highest BCUT2D eigenvalue weighted by atomic mass is 32.2. The Kier molecular flexibility index (Phi) is 10.6. The summed E-state index contributed by atoms with van der Waals surface area (Å²) in [4.78, 5) is 6.51. The van der Waals surface area contributed by atoms with Crippen LogP contribution in [0.15, 0.2) is 41.3 Å². The SMILES string of the molecule is CO[C@@H]1C(SOOc2ccccc2)=C[C@H](C)[C@@H](O[Si](C)(C)C(C)(C)C)[C@@H](C)[C@H]1O[Si](C)(C)C(C)(C)C. The predicted molar refractivity (Wildman–Crippen MR) is 157 cm³/mol. The molecule has 8 heteroatoms. The molecular weight excluding hydrogens is 505 g/mol. The number of hydrogen-bond acceptors (Lipinski definition) is 6. The van der Waals surface area contributed by atoms with Crippen molar-refractivity contribution < 1.29 is 22.8 Å². The third-order valence-corrected chi connectivity index (χ3v) is 17.9. The van der Waals surface area contributed by atoms with Crippen LogP contribution in [-0.2, 0) is 17.9 Å². The van der Waals surface area contributed by atoms with Gasteiger partial charge in [0.05, 0.1) is 24.3 Å². The van der Waals surface area contributed by atoms with E-state index in [1.807, 2.05) is 30.3 Å². The van der Waals surface area contributed by atoms with Gasteiger partial charge in [-0.3, -0.25) is 0 Å². The fourth-order valence-corrected chi connectivity index (χ4v) is 7.49. The summed E-state index contributed by atoms with van der Waals surface area (Å²) in [7, 11) is -2.38. The zero-order valence-electron chi connectivity index (χ0n) is 24.8. The number of ether oxygens (including phenoxy) is 1. The van der Waals surface area contributed by atoms with Gasteiger partial charge < -0.3 is 18.5 Å². The van der Waals surface area contributed by atoms with Crippen molar-refractivity contribution in [2.24, 2.45) is 11.8 Å². The van der Waals surface area contributed by atoms with Gasteiger partial charge in [0.2, 0.25) is 0 Å². The molecule has 0 saturated heterocycles. The molecule has 0 amide bonds. The highest BCUT2D eigenvalue weighted by molar-refractivity contribution is 7.98. The molecule has 0 spiro atoms. The van der Waals surface area contributed by atoms with E-state index in [9.17, 15) is 0 Å². The van der Waals surface area contributed by atoms with Crippen molar-refractivity contribution in [1.82, 2.24) is 0 Å². The number of hydrogen-bond donors (Lipinski definition) is 0. The molecule has 0 aliphatic heterocycles. The average molecular weight is 555 g/mol. The molecule has 206 valence electrons. The van der Waals surface area contributed by atoms with Gasteiger partial charge in [0.1, 0.15) is 6.10 Å². The van der Waals surface area contributed by atoms with E-state index >= 15 is 0 Å². The second-order valence-corrected chi connectivity index (χ2v) is 23.5. The van der Waals surface area contributed by atoms with Crippen molar-refractivity contribution in [2.75, 3.05) is 7.11 Å². The fraction of sp³-hybridized carbons (Fsp3) is 0.714. The third kappa shape index (κ3) is 7.71. The topological polar surface area (TPSA) is 46.2 Å². The van der Waals surface area contributed by atoms with Crippen LogP contribution in [0.25, 0.3) is 0 Å². The van der Waals surface area contributed by atoms with E-state index in [1.54, 1.807) is 7.11 Å². The zero-order valence-corrected chi connectivity index (χ0v) is 27.6. The Morgan fingerprint density at radius 3 is 1.75 bits per heavy atom. The molecule has 0 bridgehead atoms. The molecule has 0 aromatic heterocycles. The minimum atomic E-state index is -2.11. The van der Waals surface area contributed by atoms with Gasteiger partial charge >= 0.3 is 0 Å². The average Bonchev–Trinajstić information content (AvgIpc) is 2.83. The lowest BCUT2D eigenvalue weighted by Gasteiger charge is -2.46. The number of rotatable bonds is 9. The van der Waals surface area contributed by atoms with Gasteiger partial charge in [-0.15, -0.1) is 4.33 Å². The largest absolute Gasteiger partial charge is 0.413 e. The van der Waals surface area contributed by atoms with Crippen LogP contribution in [0.3, 0.4) is 0 Å². The molecule has 5 nitrogen and oxygen atoms in total. The first-order valence-corrected chi connectivity index (χ1v) is 19.6. The van der Waals surface area contributed by atoms with Gasteiger partial charge in [0, 0.05) is 23.9 Å². The Morgan fingerprint density at radius 2 is 1.28 bits per heavy atom. The maximum Gasteiger partial charge on any atom is 0.192 e. The highest BCUT2D eigenvalue weighted by Gasteiger charge is 2.49. The second kappa shape index (κ2) is 12.1. The number of para-hydroxylation sites is 1. The van der Waals surface area contributed by atoms with Crippen molar-refractivity contribution in [2.45, 2.75) is 110 Å². The molecule has 1 aromatic rings. The van der Waals surface area contributed by atoms with Gasteiger partial charge in [-0.1, -0.05) is 79.7 Å². The molecule has 5 atom stereocenters. The summed E-state index contributed by atoms with van der Waals surface area (Å²) in [6.07, 6.45) is 1.78. The Morgan fingerprint density at radius 1 is 0.778 bits per heavy atom. The van der Waals surface area contributed by atoms with Gasteiger partial charge in [-0.05, 0) is 48.4 Å². The fourth-order valence-electron chi connectivity index (χ4n) is 3.87. The summed E-state index contributed by atoms with van der Waals surface area (Å²) in [5, 5.41) is 0.186. The maximum absolute atomic E-state index is 7.11. The lowest BCUT2D eigenvalue weighted by Crippen LogP contribution is -2.54. The normalized spacial score (nSPS) is 26.4. The zero-order chi connectivity index (χ0) is 27.5. The molecule has 36 heavy (non-hydrogen) atoms. The van der Waals surface area contributed by atoms with E-state index in [2.05, 4.69) is 87.7 Å². The van der Waals surface area contributed by atoms with E-state index in [0.29, 0.717) is 5.75 Å². The minimum absolute atomic E-state index is 0.00597. The van der Waals surface area contributed by atoms with Crippen LogP contribution in [0, 0.1) is 11.8 Å². The predicted octanol–water partition coefficient (Wildman–Crippen LogP) is 8.61. The summed E-state index contributed by atoms with van der Waals surface area (Å²) in [5.74, 6) is 0.933. The molecule has 2 rings (SSSR count). The molecule has 1 aromatic carbocycles. The van der Waals surface area contributed by atoms with Crippen molar-refractivity contribution in [3.63, 3.8) is 0 Å². The third-order valence-electron chi connectivity index (χ3n) is 8.29. The smallest absolute Gasteiger partial charge is 0.192 e. The Balaban J connectivity index is 2.44. The summed E-state index contributed by atoms with van der Waals surface area (Å²) < 4.78 is 26.0. The van der Waals surface area contributed by atoms with Gasteiger partial charge in [0.25, 0.3) is 0 Å². The van der Waals surface area contributed by atoms with Crippen LogP contribution in [0.1, 0.15) is 55.4 Å². The summed E-state index contributed by atoms with van der Waals surface area (Å²) >= 11 is 1.21. The van der Waals surface area contributed by atoms with Gasteiger partial charge in [-0.25, -0.2) is 0 Å². The van der Waals surface area contributed by atoms with E-state index < -0.39 is 16.6 Å². The monoisotopic (exact) mass is 554 g/mol. The van der Waals surface area contributed by atoms with Crippen molar-refractivity contribution in [3.05, 3.63) is 41.3 Å². The van der Waals surface area contributed by atoms with Gasteiger partial charge in [-0.2, -0.15) is 0 Å². The first-order chi connectivity index (χ1) is 16.4. The second-order valence-electron chi connectivity index (χ2n) is 13.2. The van der Waals surface area contributed by atoms with Crippen molar-refractivity contribution in [3.8, 4) is 5.75 Å². The Bertz CT molecular complexity index is 861. The maximum atomic E-state index is 7.11. The summed E-state index contributed by atoms with van der Waals surface area (Å²) in [6, 6.07) is 9.52. The van der Waals surface area contributed by atoms with E-state index in [0.717, 1.165) is 4.91 Å². The Labute approximate surface area is 227 Å². The Hall–Kier alpha value is -0.616. The van der Waals surface area contributed by atoms with E-state index in [-0.39, 0.29) is 40.2 Å². The molecular formula is C28H50O5SSi2. The van der Waals surface area contributed by atoms with Gasteiger partial charge in [0.15, 0.2) is 22.4 Å². The molecule has 0 fully saturated rings. The summed E-state index contributed by atoms with van der Waals surface area (Å²) in [6.45, 7) is 27.4. The number of methoxy groups -OCH3 is 1. The molecule has 0 saturated carbocycles. The molecule has 0 unspecified atom stereocenters.